The van der Waals surface area contributed by atoms with Gasteiger partial charge >= 0.3 is 0 Å². The Morgan fingerprint density at radius 2 is 1.91 bits per heavy atom. The Balaban J connectivity index is 2.14. The molecule has 0 fully saturated rings. The number of benzene rings is 2. The molecule has 0 saturated carbocycles. The lowest BCUT2D eigenvalue weighted by atomic mass is 10.0. The monoisotopic (exact) mass is 308 g/mol. The molecule has 0 unspecified atom stereocenters. The summed E-state index contributed by atoms with van der Waals surface area (Å²) in [6.07, 6.45) is 1.24. The molecule has 0 aliphatic heterocycles. The van der Waals surface area contributed by atoms with Crippen LogP contribution in [0.3, 0.4) is 0 Å². The molecular weight excluding hydrogens is 292 g/mol. The molecule has 0 aliphatic rings. The summed E-state index contributed by atoms with van der Waals surface area (Å²) >= 11 is 0. The van der Waals surface area contributed by atoms with E-state index in [-0.39, 0.29) is 5.75 Å². The van der Waals surface area contributed by atoms with Crippen molar-refractivity contribution in [1.29, 1.82) is 0 Å². The summed E-state index contributed by atoms with van der Waals surface area (Å²) in [5, 5.41) is 21.8. The summed E-state index contributed by atoms with van der Waals surface area (Å²) in [5.74, 6) is 0.852. The number of nitrogens with zero attached hydrogens (tertiary/aromatic N) is 2. The van der Waals surface area contributed by atoms with Gasteiger partial charge in [-0.15, -0.1) is 0 Å². The second-order valence-corrected chi connectivity index (χ2v) is 5.19. The number of aromatic nitrogens is 2. The SMILES string of the molecule is COc1ccccc1-c1cc(-c2ccc(O)c(C)c2)nc[n+]1[O-]. The smallest absolute Gasteiger partial charge is 0.290 e. The van der Waals surface area contributed by atoms with Crippen molar-refractivity contribution in [2.75, 3.05) is 7.11 Å². The summed E-state index contributed by atoms with van der Waals surface area (Å²) in [6.45, 7) is 1.82. The molecule has 23 heavy (non-hydrogen) atoms. The minimum absolute atomic E-state index is 0.230. The molecule has 1 heterocycles. The minimum Gasteiger partial charge on any atom is -0.710 e. The zero-order chi connectivity index (χ0) is 16.4. The molecule has 116 valence electrons. The molecule has 2 aromatic carbocycles. The van der Waals surface area contributed by atoms with Crippen molar-refractivity contribution < 1.29 is 14.6 Å². The van der Waals surface area contributed by atoms with Crippen LogP contribution in [0.25, 0.3) is 22.5 Å². The van der Waals surface area contributed by atoms with Crippen LogP contribution >= 0.6 is 0 Å². The van der Waals surface area contributed by atoms with E-state index in [4.69, 9.17) is 4.74 Å². The van der Waals surface area contributed by atoms with Gasteiger partial charge in [-0.1, -0.05) is 12.1 Å². The molecule has 3 aromatic rings. The average molecular weight is 308 g/mol. The molecule has 5 nitrogen and oxygen atoms in total. The van der Waals surface area contributed by atoms with Crippen molar-refractivity contribution in [3.8, 4) is 34.0 Å². The maximum atomic E-state index is 12.2. The first-order valence-corrected chi connectivity index (χ1v) is 7.12. The second kappa shape index (κ2) is 5.96. The van der Waals surface area contributed by atoms with E-state index in [0.717, 1.165) is 11.1 Å². The third-order valence-corrected chi connectivity index (χ3v) is 3.69. The summed E-state index contributed by atoms with van der Waals surface area (Å²) < 4.78 is 6.05. The van der Waals surface area contributed by atoms with Crippen LogP contribution in [-0.2, 0) is 0 Å². The van der Waals surface area contributed by atoms with Gasteiger partial charge in [-0.05, 0) is 47.8 Å². The van der Waals surface area contributed by atoms with E-state index in [1.807, 2.05) is 31.2 Å². The highest BCUT2D eigenvalue weighted by Crippen LogP contribution is 2.30. The van der Waals surface area contributed by atoms with Gasteiger partial charge in [0.25, 0.3) is 6.33 Å². The highest BCUT2D eigenvalue weighted by molar-refractivity contribution is 5.70. The maximum absolute atomic E-state index is 12.2. The number of para-hydroxylation sites is 1. The van der Waals surface area contributed by atoms with Crippen LogP contribution in [0.15, 0.2) is 54.9 Å². The number of aromatic hydroxyl groups is 1. The highest BCUT2D eigenvalue weighted by Gasteiger charge is 2.15. The van der Waals surface area contributed by atoms with Gasteiger partial charge in [-0.2, -0.15) is 0 Å². The number of phenolic OH excluding ortho intramolecular Hbond substituents is 1. The van der Waals surface area contributed by atoms with Crippen LogP contribution in [-0.4, -0.2) is 17.2 Å². The lowest BCUT2D eigenvalue weighted by Crippen LogP contribution is -2.29. The molecule has 1 N–H and O–H groups in total. The Kier molecular flexibility index (Phi) is 3.85. The molecule has 0 saturated heterocycles. The normalized spacial score (nSPS) is 10.5. The van der Waals surface area contributed by atoms with Crippen molar-refractivity contribution in [2.45, 2.75) is 6.92 Å². The van der Waals surface area contributed by atoms with Crippen LogP contribution in [0.2, 0.25) is 0 Å². The van der Waals surface area contributed by atoms with Gasteiger partial charge in [0.15, 0.2) is 5.69 Å². The van der Waals surface area contributed by atoms with Crippen molar-refractivity contribution in [3.63, 3.8) is 0 Å². The van der Waals surface area contributed by atoms with Gasteiger partial charge in [-0.25, -0.2) is 4.73 Å². The number of aryl methyl sites for hydroxylation is 1. The van der Waals surface area contributed by atoms with Crippen LogP contribution in [0.4, 0.5) is 0 Å². The minimum atomic E-state index is 0.230. The van der Waals surface area contributed by atoms with Crippen LogP contribution in [0.5, 0.6) is 11.5 Å². The van der Waals surface area contributed by atoms with Crippen LogP contribution in [0, 0.1) is 12.1 Å². The quantitative estimate of drug-likeness (QED) is 0.596. The van der Waals surface area contributed by atoms with Crippen molar-refractivity contribution >= 4 is 0 Å². The standard InChI is InChI=1S/C18H16N2O3/c1-12-9-13(7-8-17(12)21)15-10-16(20(22)11-19-15)14-5-3-4-6-18(14)23-2/h3-11,21H,1-2H3. The summed E-state index contributed by atoms with van der Waals surface area (Å²) in [7, 11) is 1.57. The first kappa shape index (κ1) is 14.8. The maximum Gasteiger partial charge on any atom is 0.290 e. The summed E-state index contributed by atoms with van der Waals surface area (Å²) in [4.78, 5) is 4.19. The third kappa shape index (κ3) is 2.81. The van der Waals surface area contributed by atoms with E-state index >= 15 is 0 Å². The molecule has 0 radical (unpaired) electrons. The molecule has 5 heteroatoms. The Morgan fingerprint density at radius 3 is 2.65 bits per heavy atom. The van der Waals surface area contributed by atoms with Crippen molar-refractivity contribution in [1.82, 2.24) is 4.98 Å². The molecule has 0 bridgehead atoms. The van der Waals surface area contributed by atoms with E-state index < -0.39 is 0 Å². The summed E-state index contributed by atoms with van der Waals surface area (Å²) in [5.41, 5.74) is 3.39. The fraction of sp³-hybridized carbons (Fsp3) is 0.111. The molecule has 0 atom stereocenters. The zero-order valence-corrected chi connectivity index (χ0v) is 12.9. The molecular formula is C18H16N2O3. The average Bonchev–Trinajstić information content (AvgIpc) is 2.58. The first-order valence-electron chi connectivity index (χ1n) is 7.12. The number of hydrogen-bond donors (Lipinski definition) is 1. The van der Waals surface area contributed by atoms with Crippen LogP contribution in [0.1, 0.15) is 5.56 Å². The van der Waals surface area contributed by atoms with Gasteiger partial charge in [-0.3, -0.25) is 0 Å². The summed E-state index contributed by atoms with van der Waals surface area (Å²) in [6, 6.07) is 14.3. The topological polar surface area (TPSA) is 69.3 Å². The largest absolute Gasteiger partial charge is 0.710 e. The molecule has 1 aromatic heterocycles. The van der Waals surface area contributed by atoms with Gasteiger partial charge in [0.05, 0.1) is 12.7 Å². The fourth-order valence-electron chi connectivity index (χ4n) is 2.43. The van der Waals surface area contributed by atoms with Crippen molar-refractivity contribution in [3.05, 3.63) is 65.6 Å². The van der Waals surface area contributed by atoms with Gasteiger partial charge in [0.1, 0.15) is 17.2 Å². The van der Waals surface area contributed by atoms with Gasteiger partial charge < -0.3 is 15.1 Å². The first-order chi connectivity index (χ1) is 11.1. The third-order valence-electron chi connectivity index (χ3n) is 3.69. The second-order valence-electron chi connectivity index (χ2n) is 5.19. The van der Waals surface area contributed by atoms with Crippen LogP contribution < -0.4 is 9.47 Å². The molecule has 0 amide bonds. The number of rotatable bonds is 3. The molecule has 0 aliphatic carbocycles. The molecule has 3 rings (SSSR count). The van der Waals surface area contributed by atoms with Gasteiger partial charge in [0.2, 0.25) is 0 Å². The lowest BCUT2D eigenvalue weighted by Gasteiger charge is -2.12. The van der Waals surface area contributed by atoms with E-state index in [0.29, 0.717) is 27.4 Å². The Bertz CT molecular complexity index is 863. The molecule has 0 spiro atoms. The van der Waals surface area contributed by atoms with E-state index in [9.17, 15) is 10.3 Å². The Morgan fingerprint density at radius 1 is 1.13 bits per heavy atom. The highest BCUT2D eigenvalue weighted by atomic mass is 16.5. The predicted octanol–water partition coefficient (Wildman–Crippen LogP) is 3.07. The lowest BCUT2D eigenvalue weighted by molar-refractivity contribution is -0.597. The fourth-order valence-corrected chi connectivity index (χ4v) is 2.43. The van der Waals surface area contributed by atoms with Crippen molar-refractivity contribution in [2.24, 2.45) is 0 Å². The predicted molar refractivity (Wildman–Crippen MR) is 87.0 cm³/mol. The number of hydrogen-bond acceptors (Lipinski definition) is 4. The van der Waals surface area contributed by atoms with E-state index in [1.54, 1.807) is 31.4 Å². The number of methoxy groups -OCH3 is 1. The van der Waals surface area contributed by atoms with E-state index in [2.05, 4.69) is 4.98 Å². The zero-order valence-electron chi connectivity index (χ0n) is 12.9. The van der Waals surface area contributed by atoms with E-state index in [1.165, 1.54) is 6.33 Å². The number of ether oxygens (including phenoxy) is 1. The van der Waals surface area contributed by atoms with Gasteiger partial charge in [0, 0.05) is 11.6 Å². The number of phenols is 1. The Labute approximate surface area is 134 Å². The Hall–Kier alpha value is -3.08.